The largest absolute Gasteiger partial charge is 0.496 e. The summed E-state index contributed by atoms with van der Waals surface area (Å²) in [6.45, 7) is 5.73. The third kappa shape index (κ3) is 4.89. The zero-order valence-corrected chi connectivity index (χ0v) is 15.8. The van der Waals surface area contributed by atoms with Crippen LogP contribution in [-0.2, 0) is 4.79 Å². The van der Waals surface area contributed by atoms with Gasteiger partial charge in [-0.05, 0) is 49.6 Å². The highest BCUT2D eigenvalue weighted by Crippen LogP contribution is 2.26. The van der Waals surface area contributed by atoms with Crippen LogP contribution in [0, 0.1) is 6.92 Å². The molecule has 2 aromatic carbocycles. The van der Waals surface area contributed by atoms with Crippen LogP contribution >= 0.6 is 11.6 Å². The third-order valence-corrected chi connectivity index (χ3v) is 4.37. The number of hydrogen-bond donors (Lipinski definition) is 1. The van der Waals surface area contributed by atoms with Crippen molar-refractivity contribution in [3.8, 4) is 11.5 Å². The number of hydrogen-bond acceptors (Lipinski definition) is 3. The van der Waals surface area contributed by atoms with E-state index in [1.54, 1.807) is 26.2 Å². The van der Waals surface area contributed by atoms with Gasteiger partial charge in [0.05, 0.1) is 18.2 Å². The van der Waals surface area contributed by atoms with E-state index in [0.717, 1.165) is 23.3 Å². The van der Waals surface area contributed by atoms with Crippen LogP contribution in [0.4, 0.5) is 0 Å². The zero-order chi connectivity index (χ0) is 18.4. The van der Waals surface area contributed by atoms with Crippen molar-refractivity contribution in [2.45, 2.75) is 39.3 Å². The Morgan fingerprint density at radius 3 is 2.52 bits per heavy atom. The molecule has 0 bridgehead atoms. The van der Waals surface area contributed by atoms with Crippen LogP contribution in [0.5, 0.6) is 11.5 Å². The molecule has 0 aliphatic heterocycles. The van der Waals surface area contributed by atoms with Gasteiger partial charge >= 0.3 is 0 Å². The van der Waals surface area contributed by atoms with Crippen LogP contribution in [-0.4, -0.2) is 19.1 Å². The van der Waals surface area contributed by atoms with Gasteiger partial charge in [-0.1, -0.05) is 42.8 Å². The number of ether oxygens (including phenoxy) is 2. The van der Waals surface area contributed by atoms with Gasteiger partial charge in [0.15, 0.2) is 6.10 Å². The lowest BCUT2D eigenvalue weighted by Gasteiger charge is -2.22. The number of halogens is 1. The van der Waals surface area contributed by atoms with E-state index >= 15 is 0 Å². The summed E-state index contributed by atoms with van der Waals surface area (Å²) in [6.07, 6.45) is 0.129. The Balaban J connectivity index is 2.06. The van der Waals surface area contributed by atoms with Crippen molar-refractivity contribution < 1.29 is 14.3 Å². The molecular weight excluding hydrogens is 338 g/mol. The average Bonchev–Trinajstić information content (AvgIpc) is 2.61. The Labute approximate surface area is 154 Å². The van der Waals surface area contributed by atoms with Gasteiger partial charge in [-0.15, -0.1) is 0 Å². The summed E-state index contributed by atoms with van der Waals surface area (Å²) < 4.78 is 11.0. The zero-order valence-electron chi connectivity index (χ0n) is 15.0. The fourth-order valence-corrected chi connectivity index (χ4v) is 2.79. The maximum atomic E-state index is 12.5. The number of nitrogens with one attached hydrogen (secondary N) is 1. The third-order valence-electron chi connectivity index (χ3n) is 4.06. The fourth-order valence-electron chi connectivity index (χ4n) is 2.61. The summed E-state index contributed by atoms with van der Waals surface area (Å²) in [5.74, 6) is 1.15. The second-order valence-corrected chi connectivity index (χ2v) is 6.30. The number of rotatable bonds is 7. The standard InChI is InChI=1S/C20H24ClNO3/c1-5-17(15-10-11-18(24-4)13(2)12-15)22-20(23)14(3)25-19-9-7-6-8-16(19)21/h6-12,14,17H,5H2,1-4H3,(H,22,23). The first-order chi connectivity index (χ1) is 12.0. The maximum Gasteiger partial charge on any atom is 0.261 e. The summed E-state index contributed by atoms with van der Waals surface area (Å²) in [6, 6.07) is 13.0. The fraction of sp³-hybridized carbons (Fsp3) is 0.350. The van der Waals surface area contributed by atoms with Gasteiger partial charge in [0, 0.05) is 0 Å². The van der Waals surface area contributed by atoms with Crippen LogP contribution < -0.4 is 14.8 Å². The van der Waals surface area contributed by atoms with Gasteiger partial charge in [-0.25, -0.2) is 0 Å². The van der Waals surface area contributed by atoms with Crippen molar-refractivity contribution >= 4 is 17.5 Å². The summed E-state index contributed by atoms with van der Waals surface area (Å²) in [4.78, 5) is 12.5. The minimum atomic E-state index is -0.645. The molecule has 2 atom stereocenters. The molecule has 0 aromatic heterocycles. The highest BCUT2D eigenvalue weighted by molar-refractivity contribution is 6.32. The van der Waals surface area contributed by atoms with Gasteiger partial charge in [0.25, 0.3) is 5.91 Å². The Morgan fingerprint density at radius 1 is 1.20 bits per heavy atom. The predicted molar refractivity (Wildman–Crippen MR) is 100 cm³/mol. The number of amides is 1. The minimum absolute atomic E-state index is 0.0885. The molecule has 0 saturated carbocycles. The van der Waals surface area contributed by atoms with E-state index in [-0.39, 0.29) is 11.9 Å². The van der Waals surface area contributed by atoms with Crippen LogP contribution in [0.2, 0.25) is 5.02 Å². The lowest BCUT2D eigenvalue weighted by molar-refractivity contribution is -0.128. The van der Waals surface area contributed by atoms with Crippen molar-refractivity contribution in [1.82, 2.24) is 5.32 Å². The molecule has 134 valence electrons. The van der Waals surface area contributed by atoms with E-state index in [9.17, 15) is 4.79 Å². The SMILES string of the molecule is CCC(NC(=O)C(C)Oc1ccccc1Cl)c1ccc(OC)c(C)c1. The quantitative estimate of drug-likeness (QED) is 0.778. The summed E-state index contributed by atoms with van der Waals surface area (Å²) in [7, 11) is 1.65. The molecule has 4 nitrogen and oxygen atoms in total. The Kier molecular flexibility index (Phi) is 6.71. The number of para-hydroxylation sites is 1. The van der Waals surface area contributed by atoms with Crippen molar-refractivity contribution in [3.05, 3.63) is 58.6 Å². The predicted octanol–water partition coefficient (Wildman–Crippen LogP) is 4.69. The molecule has 1 amide bonds. The second kappa shape index (κ2) is 8.77. The molecule has 1 N–H and O–H groups in total. The molecule has 2 rings (SSSR count). The van der Waals surface area contributed by atoms with Crippen molar-refractivity contribution in [1.29, 1.82) is 0 Å². The van der Waals surface area contributed by atoms with Crippen LogP contribution in [0.25, 0.3) is 0 Å². The first-order valence-corrected chi connectivity index (χ1v) is 8.70. The molecule has 0 spiro atoms. The number of benzene rings is 2. The van der Waals surface area contributed by atoms with E-state index < -0.39 is 6.10 Å². The Hall–Kier alpha value is -2.20. The van der Waals surface area contributed by atoms with E-state index in [2.05, 4.69) is 5.32 Å². The van der Waals surface area contributed by atoms with Gasteiger partial charge < -0.3 is 14.8 Å². The number of methoxy groups -OCH3 is 1. The lowest BCUT2D eigenvalue weighted by Crippen LogP contribution is -2.38. The molecule has 2 aromatic rings. The van der Waals surface area contributed by atoms with Gasteiger partial charge in [0.1, 0.15) is 11.5 Å². The minimum Gasteiger partial charge on any atom is -0.496 e. The van der Waals surface area contributed by atoms with Gasteiger partial charge in [0.2, 0.25) is 0 Å². The van der Waals surface area contributed by atoms with E-state index in [1.807, 2.05) is 44.2 Å². The van der Waals surface area contributed by atoms with Crippen LogP contribution in [0.3, 0.4) is 0 Å². The highest BCUT2D eigenvalue weighted by Gasteiger charge is 2.20. The number of aryl methyl sites for hydroxylation is 1. The summed E-state index contributed by atoms with van der Waals surface area (Å²) in [5.41, 5.74) is 2.08. The first-order valence-electron chi connectivity index (χ1n) is 8.32. The smallest absolute Gasteiger partial charge is 0.261 e. The Bertz CT molecular complexity index is 733. The van der Waals surface area contributed by atoms with E-state index in [4.69, 9.17) is 21.1 Å². The number of carbonyl (C=O) groups is 1. The van der Waals surface area contributed by atoms with Crippen molar-refractivity contribution in [3.63, 3.8) is 0 Å². The van der Waals surface area contributed by atoms with Crippen LogP contribution in [0.1, 0.15) is 37.4 Å². The Morgan fingerprint density at radius 2 is 1.92 bits per heavy atom. The normalized spacial score (nSPS) is 13.0. The average molecular weight is 362 g/mol. The molecule has 0 aliphatic rings. The second-order valence-electron chi connectivity index (χ2n) is 5.89. The maximum absolute atomic E-state index is 12.5. The van der Waals surface area contributed by atoms with Crippen molar-refractivity contribution in [2.75, 3.05) is 7.11 Å². The van der Waals surface area contributed by atoms with Crippen molar-refractivity contribution in [2.24, 2.45) is 0 Å². The molecule has 0 fully saturated rings. The molecule has 0 saturated heterocycles. The molecule has 25 heavy (non-hydrogen) atoms. The van der Waals surface area contributed by atoms with Gasteiger partial charge in [-0.3, -0.25) is 4.79 Å². The van der Waals surface area contributed by atoms with Gasteiger partial charge in [-0.2, -0.15) is 0 Å². The first kappa shape index (κ1) is 19.1. The molecular formula is C20H24ClNO3. The molecule has 5 heteroatoms. The summed E-state index contributed by atoms with van der Waals surface area (Å²) in [5, 5.41) is 3.53. The number of carbonyl (C=O) groups excluding carboxylic acids is 1. The van der Waals surface area contributed by atoms with Crippen LogP contribution in [0.15, 0.2) is 42.5 Å². The topological polar surface area (TPSA) is 47.6 Å². The summed E-state index contributed by atoms with van der Waals surface area (Å²) >= 11 is 6.08. The molecule has 0 radical (unpaired) electrons. The lowest BCUT2D eigenvalue weighted by atomic mass is 10.0. The monoisotopic (exact) mass is 361 g/mol. The molecule has 0 heterocycles. The highest BCUT2D eigenvalue weighted by atomic mass is 35.5. The van der Waals surface area contributed by atoms with E-state index in [1.165, 1.54) is 0 Å². The van der Waals surface area contributed by atoms with E-state index in [0.29, 0.717) is 10.8 Å². The molecule has 2 unspecified atom stereocenters. The molecule has 0 aliphatic carbocycles.